The van der Waals surface area contributed by atoms with Crippen LogP contribution >= 0.6 is 0 Å². The van der Waals surface area contributed by atoms with Gasteiger partial charge in [-0.2, -0.15) is 0 Å². The van der Waals surface area contributed by atoms with E-state index in [1.807, 2.05) is 11.9 Å². The molecule has 3 heteroatoms. The Kier molecular flexibility index (Phi) is 3.70. The number of nitrogens with one attached hydrogen (secondary N) is 1. The molecule has 0 radical (unpaired) electrons. The van der Waals surface area contributed by atoms with Gasteiger partial charge in [-0.25, -0.2) is 0 Å². The van der Waals surface area contributed by atoms with Crippen LogP contribution in [0.1, 0.15) is 18.4 Å². The largest absolute Gasteiger partial charge is 0.337 e. The number of likely N-dealkylation sites (tertiary alicyclic amines) is 1. The van der Waals surface area contributed by atoms with Gasteiger partial charge in [-0.15, -0.1) is 0 Å². The predicted molar refractivity (Wildman–Crippen MR) is 81.4 cm³/mol. The first kappa shape index (κ1) is 13.1. The van der Waals surface area contributed by atoms with Gasteiger partial charge in [-0.3, -0.25) is 4.79 Å². The van der Waals surface area contributed by atoms with Crippen LogP contribution in [0.5, 0.6) is 0 Å². The Hall–Kier alpha value is -1.87. The van der Waals surface area contributed by atoms with Gasteiger partial charge in [0.25, 0.3) is 0 Å². The number of carbonyl (C=O) groups is 1. The molecule has 1 saturated heterocycles. The highest BCUT2D eigenvalue weighted by molar-refractivity contribution is 5.87. The quantitative estimate of drug-likeness (QED) is 0.928. The molecule has 2 aromatic rings. The Morgan fingerprint density at radius 2 is 2.00 bits per heavy atom. The SMILES string of the molecule is CNC1CCCN(Cc2cccc3ccccc23)C1=O. The number of hydrogen-bond acceptors (Lipinski definition) is 2. The van der Waals surface area contributed by atoms with Crippen LogP contribution in [0.4, 0.5) is 0 Å². The molecular weight excluding hydrogens is 248 g/mol. The number of carbonyl (C=O) groups excluding carboxylic acids is 1. The second-order valence-electron chi connectivity index (χ2n) is 5.38. The summed E-state index contributed by atoms with van der Waals surface area (Å²) in [4.78, 5) is 14.3. The number of likely N-dealkylation sites (N-methyl/N-ethyl adjacent to an activating group) is 1. The molecule has 0 saturated carbocycles. The maximum atomic E-state index is 12.4. The van der Waals surface area contributed by atoms with E-state index in [2.05, 4.69) is 47.8 Å². The number of amides is 1. The molecule has 1 aliphatic heterocycles. The van der Waals surface area contributed by atoms with E-state index in [1.165, 1.54) is 16.3 Å². The van der Waals surface area contributed by atoms with E-state index < -0.39 is 0 Å². The highest BCUT2D eigenvalue weighted by atomic mass is 16.2. The van der Waals surface area contributed by atoms with Crippen LogP contribution in [0, 0.1) is 0 Å². The molecule has 104 valence electrons. The Labute approximate surface area is 119 Å². The minimum atomic E-state index is -0.0151. The first-order valence-electron chi connectivity index (χ1n) is 7.22. The van der Waals surface area contributed by atoms with Crippen molar-refractivity contribution in [3.8, 4) is 0 Å². The molecule has 0 spiro atoms. The van der Waals surface area contributed by atoms with Crippen LogP contribution in [0.15, 0.2) is 42.5 Å². The summed E-state index contributed by atoms with van der Waals surface area (Å²) in [7, 11) is 1.87. The zero-order valence-electron chi connectivity index (χ0n) is 11.8. The number of benzene rings is 2. The second-order valence-corrected chi connectivity index (χ2v) is 5.38. The third kappa shape index (κ3) is 2.41. The monoisotopic (exact) mass is 268 g/mol. The van der Waals surface area contributed by atoms with Crippen molar-refractivity contribution in [3.05, 3.63) is 48.0 Å². The fraction of sp³-hybridized carbons (Fsp3) is 0.353. The van der Waals surface area contributed by atoms with E-state index in [0.717, 1.165) is 19.4 Å². The molecule has 0 aromatic heterocycles. The molecule has 2 aromatic carbocycles. The highest BCUT2D eigenvalue weighted by Crippen LogP contribution is 2.22. The average molecular weight is 268 g/mol. The van der Waals surface area contributed by atoms with Crippen LogP contribution in [-0.4, -0.2) is 30.4 Å². The third-order valence-electron chi connectivity index (χ3n) is 4.12. The minimum Gasteiger partial charge on any atom is -0.337 e. The van der Waals surface area contributed by atoms with E-state index in [9.17, 15) is 4.79 Å². The van der Waals surface area contributed by atoms with E-state index in [4.69, 9.17) is 0 Å². The Morgan fingerprint density at radius 3 is 2.85 bits per heavy atom. The van der Waals surface area contributed by atoms with Crippen molar-refractivity contribution in [3.63, 3.8) is 0 Å². The van der Waals surface area contributed by atoms with E-state index in [0.29, 0.717) is 6.54 Å². The lowest BCUT2D eigenvalue weighted by Gasteiger charge is -2.32. The van der Waals surface area contributed by atoms with Gasteiger partial charge in [0.1, 0.15) is 0 Å². The lowest BCUT2D eigenvalue weighted by atomic mass is 10.0. The zero-order chi connectivity index (χ0) is 13.9. The summed E-state index contributed by atoms with van der Waals surface area (Å²) >= 11 is 0. The van der Waals surface area contributed by atoms with Gasteiger partial charge in [-0.05, 0) is 36.2 Å². The molecule has 20 heavy (non-hydrogen) atoms. The average Bonchev–Trinajstić information content (AvgIpc) is 2.50. The molecule has 1 aliphatic rings. The summed E-state index contributed by atoms with van der Waals surface area (Å²) < 4.78 is 0. The smallest absolute Gasteiger partial charge is 0.239 e. The van der Waals surface area contributed by atoms with Gasteiger partial charge in [0.2, 0.25) is 5.91 Å². The number of fused-ring (bicyclic) bond motifs is 1. The van der Waals surface area contributed by atoms with E-state index >= 15 is 0 Å². The number of piperidine rings is 1. The molecule has 1 N–H and O–H groups in total. The Bertz CT molecular complexity index is 618. The highest BCUT2D eigenvalue weighted by Gasteiger charge is 2.27. The van der Waals surface area contributed by atoms with Gasteiger partial charge < -0.3 is 10.2 Å². The first-order chi connectivity index (χ1) is 9.79. The Balaban J connectivity index is 1.87. The Morgan fingerprint density at radius 1 is 1.20 bits per heavy atom. The summed E-state index contributed by atoms with van der Waals surface area (Å²) in [6.07, 6.45) is 2.02. The summed E-state index contributed by atoms with van der Waals surface area (Å²) in [5.41, 5.74) is 1.23. The van der Waals surface area contributed by atoms with Crippen molar-refractivity contribution in [2.24, 2.45) is 0 Å². The van der Waals surface area contributed by atoms with Crippen molar-refractivity contribution >= 4 is 16.7 Å². The van der Waals surface area contributed by atoms with Crippen LogP contribution in [0.3, 0.4) is 0 Å². The van der Waals surface area contributed by atoms with Crippen LogP contribution in [0.2, 0.25) is 0 Å². The minimum absolute atomic E-state index is 0.0151. The maximum absolute atomic E-state index is 12.4. The molecule has 1 fully saturated rings. The maximum Gasteiger partial charge on any atom is 0.239 e. The van der Waals surface area contributed by atoms with Gasteiger partial charge in [0, 0.05) is 13.1 Å². The topological polar surface area (TPSA) is 32.3 Å². The number of hydrogen-bond donors (Lipinski definition) is 1. The van der Waals surface area contributed by atoms with Crippen molar-refractivity contribution < 1.29 is 4.79 Å². The van der Waals surface area contributed by atoms with Crippen LogP contribution < -0.4 is 5.32 Å². The van der Waals surface area contributed by atoms with Gasteiger partial charge >= 0.3 is 0 Å². The third-order valence-corrected chi connectivity index (χ3v) is 4.12. The second kappa shape index (κ2) is 5.63. The molecule has 1 amide bonds. The molecule has 0 bridgehead atoms. The molecule has 1 unspecified atom stereocenters. The number of rotatable bonds is 3. The first-order valence-corrected chi connectivity index (χ1v) is 7.22. The lowest BCUT2D eigenvalue weighted by molar-refractivity contribution is -0.136. The normalized spacial score (nSPS) is 19.6. The molecule has 0 aliphatic carbocycles. The fourth-order valence-corrected chi connectivity index (χ4v) is 3.00. The van der Waals surface area contributed by atoms with Gasteiger partial charge in [-0.1, -0.05) is 42.5 Å². The van der Waals surface area contributed by atoms with Crippen molar-refractivity contribution in [1.82, 2.24) is 10.2 Å². The summed E-state index contributed by atoms with van der Waals surface area (Å²) in [6, 6.07) is 14.7. The fourth-order valence-electron chi connectivity index (χ4n) is 3.00. The van der Waals surface area contributed by atoms with Crippen molar-refractivity contribution in [1.29, 1.82) is 0 Å². The summed E-state index contributed by atoms with van der Waals surface area (Å²) in [5, 5.41) is 5.60. The lowest BCUT2D eigenvalue weighted by Crippen LogP contribution is -2.49. The zero-order valence-corrected chi connectivity index (χ0v) is 11.8. The van der Waals surface area contributed by atoms with Gasteiger partial charge in [0.05, 0.1) is 6.04 Å². The predicted octanol–water partition coefficient (Wildman–Crippen LogP) is 2.55. The standard InChI is InChI=1S/C17H20N2O/c1-18-16-10-5-11-19(17(16)20)12-14-8-4-7-13-6-2-3-9-15(13)14/h2-4,6-9,16,18H,5,10-12H2,1H3. The van der Waals surface area contributed by atoms with E-state index in [1.54, 1.807) is 0 Å². The number of nitrogens with zero attached hydrogens (tertiary/aromatic N) is 1. The van der Waals surface area contributed by atoms with Crippen LogP contribution in [-0.2, 0) is 11.3 Å². The van der Waals surface area contributed by atoms with Gasteiger partial charge in [0.15, 0.2) is 0 Å². The van der Waals surface area contributed by atoms with Crippen LogP contribution in [0.25, 0.3) is 10.8 Å². The van der Waals surface area contributed by atoms with Crippen molar-refractivity contribution in [2.75, 3.05) is 13.6 Å². The van der Waals surface area contributed by atoms with Crippen molar-refractivity contribution in [2.45, 2.75) is 25.4 Å². The molecule has 1 atom stereocenters. The molecule has 3 nitrogen and oxygen atoms in total. The molecule has 3 rings (SSSR count). The molecule has 1 heterocycles. The molecular formula is C17H20N2O. The van der Waals surface area contributed by atoms with E-state index in [-0.39, 0.29) is 11.9 Å². The summed E-state index contributed by atoms with van der Waals surface area (Å²) in [6.45, 7) is 1.57. The summed E-state index contributed by atoms with van der Waals surface area (Å²) in [5.74, 6) is 0.228.